The van der Waals surface area contributed by atoms with Crippen LogP contribution in [0.1, 0.15) is 46.9 Å². The number of carbonyl (C=O) groups is 2. The van der Waals surface area contributed by atoms with E-state index in [4.69, 9.17) is 4.74 Å². The third-order valence-corrected chi connectivity index (χ3v) is 3.46. The van der Waals surface area contributed by atoms with Crippen molar-refractivity contribution in [3.05, 3.63) is 65.7 Å². The summed E-state index contributed by atoms with van der Waals surface area (Å²) in [6.07, 6.45) is 3.31. The zero-order chi connectivity index (χ0) is 17.2. The predicted octanol–water partition coefficient (Wildman–Crippen LogP) is 3.33. The summed E-state index contributed by atoms with van der Waals surface area (Å²) < 4.78 is 5.60. The van der Waals surface area contributed by atoms with E-state index < -0.39 is 0 Å². The Balaban J connectivity index is 1.81. The minimum Gasteiger partial charge on any atom is -0.494 e. The Hall–Kier alpha value is -2.82. The molecule has 5 heteroatoms. The van der Waals surface area contributed by atoms with E-state index in [1.54, 1.807) is 48.5 Å². The van der Waals surface area contributed by atoms with Crippen molar-refractivity contribution in [1.29, 1.82) is 0 Å². The van der Waals surface area contributed by atoms with Gasteiger partial charge in [0.05, 0.1) is 6.61 Å². The van der Waals surface area contributed by atoms with Crippen LogP contribution in [0.3, 0.4) is 0 Å². The van der Waals surface area contributed by atoms with Gasteiger partial charge in [-0.2, -0.15) is 0 Å². The highest BCUT2D eigenvalue weighted by atomic mass is 16.5. The van der Waals surface area contributed by atoms with Gasteiger partial charge in [-0.3, -0.25) is 20.4 Å². The fourth-order valence-electron chi connectivity index (χ4n) is 2.09. The Bertz CT molecular complexity index is 654. The SMILES string of the molecule is CCCCCOc1ccc(C(=O)NNC(=O)c2ccccc2)cc1. The highest BCUT2D eigenvalue weighted by Gasteiger charge is 2.08. The molecule has 2 aromatic rings. The first-order valence-electron chi connectivity index (χ1n) is 8.09. The maximum Gasteiger partial charge on any atom is 0.269 e. The molecule has 126 valence electrons. The van der Waals surface area contributed by atoms with E-state index in [2.05, 4.69) is 17.8 Å². The first kappa shape index (κ1) is 17.5. The van der Waals surface area contributed by atoms with Crippen molar-refractivity contribution >= 4 is 11.8 Å². The zero-order valence-electron chi connectivity index (χ0n) is 13.7. The quantitative estimate of drug-likeness (QED) is 0.606. The molecule has 2 amide bonds. The molecule has 0 atom stereocenters. The highest BCUT2D eigenvalue weighted by Crippen LogP contribution is 2.12. The minimum atomic E-state index is -0.378. The van der Waals surface area contributed by atoms with Crippen LogP contribution in [0, 0.1) is 0 Å². The van der Waals surface area contributed by atoms with E-state index in [1.807, 2.05) is 6.07 Å². The molecule has 0 aliphatic carbocycles. The molecule has 0 saturated heterocycles. The van der Waals surface area contributed by atoms with E-state index in [9.17, 15) is 9.59 Å². The summed E-state index contributed by atoms with van der Waals surface area (Å²) in [7, 11) is 0. The zero-order valence-corrected chi connectivity index (χ0v) is 13.7. The van der Waals surface area contributed by atoms with E-state index in [0.29, 0.717) is 17.7 Å². The third kappa shape index (κ3) is 5.43. The number of carbonyl (C=O) groups excluding carboxylic acids is 2. The van der Waals surface area contributed by atoms with Gasteiger partial charge in [-0.15, -0.1) is 0 Å². The van der Waals surface area contributed by atoms with Crippen LogP contribution in [-0.4, -0.2) is 18.4 Å². The van der Waals surface area contributed by atoms with Crippen molar-refractivity contribution in [2.75, 3.05) is 6.61 Å². The summed E-state index contributed by atoms with van der Waals surface area (Å²) in [4.78, 5) is 23.9. The van der Waals surface area contributed by atoms with Gasteiger partial charge in [-0.25, -0.2) is 0 Å². The van der Waals surface area contributed by atoms with Crippen LogP contribution in [0.25, 0.3) is 0 Å². The third-order valence-electron chi connectivity index (χ3n) is 3.46. The van der Waals surface area contributed by atoms with Crippen molar-refractivity contribution in [2.24, 2.45) is 0 Å². The molecule has 0 fully saturated rings. The fraction of sp³-hybridized carbons (Fsp3) is 0.263. The molecular formula is C19H22N2O3. The first-order valence-corrected chi connectivity index (χ1v) is 8.09. The second-order valence-corrected chi connectivity index (χ2v) is 5.35. The Morgan fingerprint density at radius 2 is 1.42 bits per heavy atom. The Labute approximate surface area is 142 Å². The van der Waals surface area contributed by atoms with Crippen LogP contribution >= 0.6 is 0 Å². The van der Waals surface area contributed by atoms with Crippen LogP contribution in [0.2, 0.25) is 0 Å². The van der Waals surface area contributed by atoms with Gasteiger partial charge in [0.1, 0.15) is 5.75 Å². The van der Waals surface area contributed by atoms with Crippen LogP contribution in [0.4, 0.5) is 0 Å². The molecule has 2 N–H and O–H groups in total. The molecule has 0 aliphatic rings. The molecule has 24 heavy (non-hydrogen) atoms. The van der Waals surface area contributed by atoms with E-state index in [0.717, 1.165) is 25.0 Å². The fourth-order valence-corrected chi connectivity index (χ4v) is 2.09. The van der Waals surface area contributed by atoms with Gasteiger partial charge in [-0.05, 0) is 42.8 Å². The molecule has 0 aliphatic heterocycles. The lowest BCUT2D eigenvalue weighted by Crippen LogP contribution is -2.41. The van der Waals surface area contributed by atoms with Crippen LogP contribution < -0.4 is 15.6 Å². The molecule has 2 rings (SSSR count). The van der Waals surface area contributed by atoms with Gasteiger partial charge >= 0.3 is 0 Å². The molecule has 0 heterocycles. The number of nitrogens with one attached hydrogen (secondary N) is 2. The molecule has 0 bridgehead atoms. The maximum absolute atomic E-state index is 12.0. The normalized spacial score (nSPS) is 10.0. The topological polar surface area (TPSA) is 67.4 Å². The summed E-state index contributed by atoms with van der Waals surface area (Å²) in [5.41, 5.74) is 5.72. The average Bonchev–Trinajstić information content (AvgIpc) is 2.64. The molecular weight excluding hydrogens is 304 g/mol. The first-order chi connectivity index (χ1) is 11.7. The van der Waals surface area contributed by atoms with E-state index in [-0.39, 0.29) is 11.8 Å². The number of hydrogen-bond donors (Lipinski definition) is 2. The van der Waals surface area contributed by atoms with Gasteiger partial charge < -0.3 is 4.74 Å². The molecule has 0 aromatic heterocycles. The van der Waals surface area contributed by atoms with Crippen LogP contribution in [-0.2, 0) is 0 Å². The van der Waals surface area contributed by atoms with Gasteiger partial charge in [0.2, 0.25) is 0 Å². The van der Waals surface area contributed by atoms with E-state index >= 15 is 0 Å². The maximum atomic E-state index is 12.0. The number of amides is 2. The summed E-state index contributed by atoms with van der Waals surface area (Å²) in [5, 5.41) is 0. The molecule has 0 unspecified atom stereocenters. The Morgan fingerprint density at radius 1 is 0.833 bits per heavy atom. The second kappa shape index (κ2) is 9.35. The number of hydrazine groups is 1. The molecule has 0 saturated carbocycles. The largest absolute Gasteiger partial charge is 0.494 e. The minimum absolute atomic E-state index is 0.361. The van der Waals surface area contributed by atoms with E-state index in [1.165, 1.54) is 0 Å². The second-order valence-electron chi connectivity index (χ2n) is 5.35. The van der Waals surface area contributed by atoms with Crippen molar-refractivity contribution in [3.8, 4) is 5.75 Å². The Kier molecular flexibility index (Phi) is 6.83. The molecule has 0 radical (unpaired) electrons. The summed E-state index contributed by atoms with van der Waals surface area (Å²) >= 11 is 0. The predicted molar refractivity (Wildman–Crippen MR) is 92.8 cm³/mol. The number of rotatable bonds is 7. The van der Waals surface area contributed by atoms with Crippen molar-refractivity contribution < 1.29 is 14.3 Å². The number of hydrogen-bond acceptors (Lipinski definition) is 3. The van der Waals surface area contributed by atoms with Gasteiger partial charge in [0, 0.05) is 11.1 Å². The lowest BCUT2D eigenvalue weighted by Gasteiger charge is -2.09. The molecule has 5 nitrogen and oxygen atoms in total. The number of benzene rings is 2. The molecule has 0 spiro atoms. The average molecular weight is 326 g/mol. The van der Waals surface area contributed by atoms with Crippen molar-refractivity contribution in [2.45, 2.75) is 26.2 Å². The van der Waals surface area contributed by atoms with Crippen LogP contribution in [0.5, 0.6) is 5.75 Å². The summed E-state index contributed by atoms with van der Waals surface area (Å²) in [5.74, 6) is -0.00684. The number of unbranched alkanes of at least 4 members (excludes halogenated alkanes) is 2. The highest BCUT2D eigenvalue weighted by molar-refractivity contribution is 5.99. The standard InChI is InChI=1S/C19H22N2O3/c1-2-3-7-14-24-17-12-10-16(11-13-17)19(23)21-20-18(22)15-8-5-4-6-9-15/h4-6,8-13H,2-3,7,14H2,1H3,(H,20,22)(H,21,23). The van der Waals surface area contributed by atoms with Gasteiger partial charge in [-0.1, -0.05) is 38.0 Å². The van der Waals surface area contributed by atoms with Crippen molar-refractivity contribution in [3.63, 3.8) is 0 Å². The monoisotopic (exact) mass is 326 g/mol. The smallest absolute Gasteiger partial charge is 0.269 e. The Morgan fingerprint density at radius 3 is 2.00 bits per heavy atom. The van der Waals surface area contributed by atoms with Crippen molar-refractivity contribution in [1.82, 2.24) is 10.9 Å². The number of ether oxygens (including phenoxy) is 1. The molecule has 2 aromatic carbocycles. The lowest BCUT2D eigenvalue weighted by molar-refractivity contribution is 0.0846. The van der Waals surface area contributed by atoms with Crippen LogP contribution in [0.15, 0.2) is 54.6 Å². The van der Waals surface area contributed by atoms with Gasteiger partial charge in [0.15, 0.2) is 0 Å². The van der Waals surface area contributed by atoms with Gasteiger partial charge in [0.25, 0.3) is 11.8 Å². The summed E-state index contributed by atoms with van der Waals surface area (Å²) in [6.45, 7) is 2.82. The summed E-state index contributed by atoms with van der Waals surface area (Å²) in [6, 6.07) is 15.5. The lowest BCUT2D eigenvalue weighted by atomic mass is 10.2.